The van der Waals surface area contributed by atoms with E-state index in [1.54, 1.807) is 0 Å². The zero-order valence-corrected chi connectivity index (χ0v) is 9.69. The minimum Gasteiger partial charge on any atom is -0.350 e. The molecule has 1 saturated carbocycles. The normalized spacial score (nSPS) is 24.6. The number of hydrogen-bond acceptors (Lipinski definition) is 1. The first-order chi connectivity index (χ1) is 7.74. The van der Waals surface area contributed by atoms with Crippen molar-refractivity contribution in [3.05, 3.63) is 36.0 Å². The molecule has 1 heterocycles. The van der Waals surface area contributed by atoms with Crippen LogP contribution in [0.3, 0.4) is 0 Å². The van der Waals surface area contributed by atoms with Crippen molar-refractivity contribution in [2.45, 2.75) is 25.3 Å². The van der Waals surface area contributed by atoms with Crippen LogP contribution < -0.4 is 5.73 Å². The molecule has 0 amide bonds. The predicted octanol–water partition coefficient (Wildman–Crippen LogP) is 2.46. The summed E-state index contributed by atoms with van der Waals surface area (Å²) in [6.45, 7) is 0. The Morgan fingerprint density at radius 1 is 1.31 bits per heavy atom. The molecule has 0 unspecified atom stereocenters. The highest BCUT2D eigenvalue weighted by atomic mass is 14.9. The molecule has 1 fully saturated rings. The number of hydrogen-bond donors (Lipinski definition) is 1. The van der Waals surface area contributed by atoms with Crippen LogP contribution in [0.4, 0.5) is 0 Å². The standard InChI is InChI=1S/C14H18N2/c1-16-9-11(6-10-7-12(15)8-10)13-4-2-3-5-14(13)16/h2-5,9-10,12H,6-8,15H2,1H3. The summed E-state index contributed by atoms with van der Waals surface area (Å²) in [5.41, 5.74) is 8.65. The van der Waals surface area contributed by atoms with Gasteiger partial charge < -0.3 is 10.3 Å². The van der Waals surface area contributed by atoms with Gasteiger partial charge in [0.05, 0.1) is 0 Å². The van der Waals surface area contributed by atoms with Crippen LogP contribution in [0.1, 0.15) is 18.4 Å². The van der Waals surface area contributed by atoms with E-state index in [1.807, 2.05) is 0 Å². The fourth-order valence-electron chi connectivity index (χ4n) is 2.85. The summed E-state index contributed by atoms with van der Waals surface area (Å²) < 4.78 is 2.23. The summed E-state index contributed by atoms with van der Waals surface area (Å²) in [6, 6.07) is 9.10. The van der Waals surface area contributed by atoms with E-state index in [4.69, 9.17) is 5.73 Å². The van der Waals surface area contributed by atoms with Crippen molar-refractivity contribution in [3.63, 3.8) is 0 Å². The van der Waals surface area contributed by atoms with Crippen LogP contribution in [-0.4, -0.2) is 10.6 Å². The zero-order chi connectivity index (χ0) is 11.1. The molecule has 84 valence electrons. The number of nitrogens with zero attached hydrogens (tertiary/aromatic N) is 1. The minimum atomic E-state index is 0.458. The van der Waals surface area contributed by atoms with Gasteiger partial charge >= 0.3 is 0 Å². The molecule has 2 heteroatoms. The van der Waals surface area contributed by atoms with E-state index < -0.39 is 0 Å². The molecule has 1 aliphatic carbocycles. The highest BCUT2D eigenvalue weighted by molar-refractivity contribution is 5.83. The van der Waals surface area contributed by atoms with Crippen LogP contribution in [0.2, 0.25) is 0 Å². The van der Waals surface area contributed by atoms with E-state index in [1.165, 1.54) is 35.7 Å². The summed E-state index contributed by atoms with van der Waals surface area (Å²) >= 11 is 0. The van der Waals surface area contributed by atoms with Crippen molar-refractivity contribution in [2.24, 2.45) is 18.7 Å². The maximum Gasteiger partial charge on any atom is 0.0480 e. The molecule has 1 aliphatic rings. The first kappa shape index (κ1) is 9.91. The lowest BCUT2D eigenvalue weighted by molar-refractivity contribution is 0.265. The second-order valence-corrected chi connectivity index (χ2v) is 5.08. The number of benzene rings is 1. The molecule has 2 N–H and O–H groups in total. The molecule has 0 saturated heterocycles. The number of rotatable bonds is 2. The van der Waals surface area contributed by atoms with E-state index in [0.29, 0.717) is 6.04 Å². The van der Waals surface area contributed by atoms with E-state index in [0.717, 1.165) is 5.92 Å². The topological polar surface area (TPSA) is 30.9 Å². The number of aryl methyl sites for hydroxylation is 1. The highest BCUT2D eigenvalue weighted by Gasteiger charge is 2.26. The molecular weight excluding hydrogens is 196 g/mol. The summed E-state index contributed by atoms with van der Waals surface area (Å²) in [5.74, 6) is 0.806. The Morgan fingerprint density at radius 3 is 2.81 bits per heavy atom. The molecular formula is C14H18N2. The van der Waals surface area contributed by atoms with Crippen molar-refractivity contribution in [3.8, 4) is 0 Å². The molecule has 2 aromatic rings. The maximum absolute atomic E-state index is 5.84. The molecule has 2 nitrogen and oxygen atoms in total. The molecule has 1 aromatic heterocycles. The number of nitrogens with two attached hydrogens (primary N) is 1. The molecule has 1 aromatic carbocycles. The molecule has 0 spiro atoms. The summed E-state index contributed by atoms with van der Waals surface area (Å²) in [7, 11) is 2.12. The lowest BCUT2D eigenvalue weighted by atomic mass is 9.77. The summed E-state index contributed by atoms with van der Waals surface area (Å²) in [6.07, 6.45) is 5.86. The molecule has 0 bridgehead atoms. The average molecular weight is 214 g/mol. The van der Waals surface area contributed by atoms with Crippen LogP contribution in [0.25, 0.3) is 10.9 Å². The Balaban J connectivity index is 1.92. The van der Waals surface area contributed by atoms with Crippen molar-refractivity contribution < 1.29 is 0 Å². The van der Waals surface area contributed by atoms with Gasteiger partial charge in [0.15, 0.2) is 0 Å². The van der Waals surface area contributed by atoms with E-state index >= 15 is 0 Å². The Bertz CT molecular complexity index is 506. The van der Waals surface area contributed by atoms with Crippen molar-refractivity contribution in [2.75, 3.05) is 0 Å². The largest absolute Gasteiger partial charge is 0.350 e. The Hall–Kier alpha value is -1.28. The Labute approximate surface area is 96.1 Å². The van der Waals surface area contributed by atoms with Gasteiger partial charge in [-0.25, -0.2) is 0 Å². The molecule has 16 heavy (non-hydrogen) atoms. The van der Waals surface area contributed by atoms with Crippen molar-refractivity contribution >= 4 is 10.9 Å². The third-order valence-electron chi connectivity index (χ3n) is 3.76. The average Bonchev–Trinajstić information content (AvgIpc) is 2.55. The van der Waals surface area contributed by atoms with E-state index in [2.05, 4.69) is 42.1 Å². The van der Waals surface area contributed by atoms with Crippen LogP contribution in [0.5, 0.6) is 0 Å². The first-order valence-corrected chi connectivity index (χ1v) is 6.02. The first-order valence-electron chi connectivity index (χ1n) is 6.02. The molecule has 0 radical (unpaired) electrons. The minimum absolute atomic E-state index is 0.458. The Kier molecular flexibility index (Phi) is 2.25. The second kappa shape index (κ2) is 3.63. The lowest BCUT2D eigenvalue weighted by Crippen LogP contribution is -2.37. The third kappa shape index (κ3) is 1.54. The van der Waals surface area contributed by atoms with Gasteiger partial charge in [-0.2, -0.15) is 0 Å². The summed E-state index contributed by atoms with van der Waals surface area (Å²) in [4.78, 5) is 0. The van der Waals surface area contributed by atoms with Gasteiger partial charge in [-0.1, -0.05) is 18.2 Å². The number of para-hydroxylation sites is 1. The van der Waals surface area contributed by atoms with Crippen LogP contribution >= 0.6 is 0 Å². The van der Waals surface area contributed by atoms with Gasteiger partial charge in [-0.15, -0.1) is 0 Å². The van der Waals surface area contributed by atoms with E-state index in [9.17, 15) is 0 Å². The van der Waals surface area contributed by atoms with Crippen LogP contribution in [-0.2, 0) is 13.5 Å². The fraction of sp³-hybridized carbons (Fsp3) is 0.429. The molecule has 0 aliphatic heterocycles. The van der Waals surface area contributed by atoms with Gasteiger partial charge in [0.2, 0.25) is 0 Å². The van der Waals surface area contributed by atoms with Crippen LogP contribution in [0, 0.1) is 5.92 Å². The Morgan fingerprint density at radius 2 is 2.06 bits per heavy atom. The molecule has 0 atom stereocenters. The zero-order valence-electron chi connectivity index (χ0n) is 9.69. The van der Waals surface area contributed by atoms with Crippen molar-refractivity contribution in [1.29, 1.82) is 0 Å². The highest BCUT2D eigenvalue weighted by Crippen LogP contribution is 2.32. The number of aromatic nitrogens is 1. The van der Waals surface area contributed by atoms with Gasteiger partial charge in [-0.05, 0) is 36.8 Å². The smallest absolute Gasteiger partial charge is 0.0480 e. The maximum atomic E-state index is 5.84. The third-order valence-corrected chi connectivity index (χ3v) is 3.76. The fourth-order valence-corrected chi connectivity index (χ4v) is 2.85. The van der Waals surface area contributed by atoms with Gasteiger partial charge in [0, 0.05) is 30.2 Å². The van der Waals surface area contributed by atoms with Gasteiger partial charge in [0.25, 0.3) is 0 Å². The second-order valence-electron chi connectivity index (χ2n) is 5.08. The number of fused-ring (bicyclic) bond motifs is 1. The van der Waals surface area contributed by atoms with E-state index in [-0.39, 0.29) is 0 Å². The quantitative estimate of drug-likeness (QED) is 0.818. The molecule has 3 rings (SSSR count). The van der Waals surface area contributed by atoms with Crippen LogP contribution in [0.15, 0.2) is 30.5 Å². The monoisotopic (exact) mass is 214 g/mol. The SMILES string of the molecule is Cn1cc(CC2CC(N)C2)c2ccccc21. The lowest BCUT2D eigenvalue weighted by Gasteiger charge is -2.32. The van der Waals surface area contributed by atoms with Gasteiger partial charge in [0.1, 0.15) is 0 Å². The summed E-state index contributed by atoms with van der Waals surface area (Å²) in [5, 5.41) is 1.41. The predicted molar refractivity (Wildman–Crippen MR) is 67.3 cm³/mol. The van der Waals surface area contributed by atoms with Crippen molar-refractivity contribution in [1.82, 2.24) is 4.57 Å². The van der Waals surface area contributed by atoms with Gasteiger partial charge in [-0.3, -0.25) is 0 Å².